The van der Waals surface area contributed by atoms with Crippen LogP contribution in [-0.4, -0.2) is 45.6 Å². The minimum absolute atomic E-state index is 0.0736. The molecule has 170 valence electrons. The van der Waals surface area contributed by atoms with Crippen LogP contribution in [0.4, 0.5) is 0 Å². The number of fused-ring (bicyclic) bond motifs is 1. The second kappa shape index (κ2) is 11.6. The summed E-state index contributed by atoms with van der Waals surface area (Å²) in [5.41, 5.74) is 2.70. The van der Waals surface area contributed by atoms with Gasteiger partial charge in [0.2, 0.25) is 5.91 Å². The van der Waals surface area contributed by atoms with E-state index in [1.54, 1.807) is 0 Å². The average molecular weight is 424 g/mol. The second-order valence-electron chi connectivity index (χ2n) is 8.83. The first-order valence-corrected chi connectivity index (χ1v) is 11.1. The van der Waals surface area contributed by atoms with Gasteiger partial charge < -0.3 is 14.9 Å². The predicted octanol–water partition coefficient (Wildman–Crippen LogP) is 2.89. The highest BCUT2D eigenvalue weighted by atomic mass is 16.5. The molecule has 3 unspecified atom stereocenters. The Morgan fingerprint density at radius 2 is 2.03 bits per heavy atom. The summed E-state index contributed by atoms with van der Waals surface area (Å²) in [6.07, 6.45) is 8.11. The van der Waals surface area contributed by atoms with Crippen molar-refractivity contribution in [2.24, 2.45) is 23.7 Å². The van der Waals surface area contributed by atoms with Crippen molar-refractivity contribution in [3.8, 4) is 0 Å². The molecule has 0 aromatic carbocycles. The molecule has 0 saturated carbocycles. The number of aliphatic hydroxyl groups excluding tert-OH is 2. The lowest BCUT2D eigenvalue weighted by Gasteiger charge is -2.42. The molecule has 2 rings (SSSR count). The van der Waals surface area contributed by atoms with Crippen LogP contribution in [-0.2, 0) is 14.3 Å². The third-order valence-electron chi connectivity index (χ3n) is 6.55. The van der Waals surface area contributed by atoms with Crippen LogP contribution in [0.15, 0.2) is 23.8 Å². The molecule has 0 fully saturated rings. The van der Waals surface area contributed by atoms with E-state index in [1.807, 2.05) is 13.8 Å². The number of ether oxygens (including phenoxy) is 1. The van der Waals surface area contributed by atoms with Crippen LogP contribution < -0.4 is 5.48 Å². The normalized spacial score (nSPS) is 28.7. The molecule has 0 aromatic heterocycles. The summed E-state index contributed by atoms with van der Waals surface area (Å²) in [5.74, 6) is -0.312. The van der Waals surface area contributed by atoms with Gasteiger partial charge in [-0.05, 0) is 55.9 Å². The van der Waals surface area contributed by atoms with E-state index in [2.05, 4.69) is 25.2 Å². The number of esters is 1. The van der Waals surface area contributed by atoms with Crippen molar-refractivity contribution in [2.45, 2.75) is 84.0 Å². The number of rotatable bonds is 10. The fraction of sp³-hybridized carbons (Fsp3) is 0.739. The van der Waals surface area contributed by atoms with Crippen LogP contribution in [0.1, 0.15) is 65.7 Å². The van der Waals surface area contributed by atoms with E-state index in [9.17, 15) is 19.8 Å². The number of carbonyl (C=O) groups is 2. The zero-order chi connectivity index (χ0) is 22.3. The highest BCUT2D eigenvalue weighted by molar-refractivity contribution is 5.75. The second-order valence-corrected chi connectivity index (χ2v) is 8.83. The van der Waals surface area contributed by atoms with Gasteiger partial charge in [-0.2, -0.15) is 0 Å². The quantitative estimate of drug-likeness (QED) is 0.244. The summed E-state index contributed by atoms with van der Waals surface area (Å²) >= 11 is 0. The van der Waals surface area contributed by atoms with Gasteiger partial charge in [0.15, 0.2) is 0 Å². The van der Waals surface area contributed by atoms with Crippen molar-refractivity contribution >= 4 is 11.9 Å². The van der Waals surface area contributed by atoms with Gasteiger partial charge in [-0.15, -0.1) is 0 Å². The maximum atomic E-state index is 12.4. The van der Waals surface area contributed by atoms with E-state index in [0.29, 0.717) is 6.42 Å². The smallest absolute Gasteiger partial charge is 0.308 e. The van der Waals surface area contributed by atoms with Crippen LogP contribution in [0.25, 0.3) is 0 Å². The Hall–Kier alpha value is -1.70. The maximum Gasteiger partial charge on any atom is 0.308 e. The molecule has 7 atom stereocenters. The lowest BCUT2D eigenvalue weighted by molar-refractivity contribution is -0.158. The van der Waals surface area contributed by atoms with Gasteiger partial charge >= 0.3 is 5.97 Å². The minimum atomic E-state index is -1.01. The summed E-state index contributed by atoms with van der Waals surface area (Å²) in [5, 5.41) is 28.8. The number of hydrogen-bond acceptors (Lipinski definition) is 6. The van der Waals surface area contributed by atoms with Gasteiger partial charge in [0, 0.05) is 5.92 Å². The number of amides is 1. The van der Waals surface area contributed by atoms with Crippen molar-refractivity contribution in [3.05, 3.63) is 23.8 Å². The van der Waals surface area contributed by atoms with E-state index in [4.69, 9.17) is 9.94 Å². The van der Waals surface area contributed by atoms with Crippen LogP contribution in [0.5, 0.6) is 0 Å². The van der Waals surface area contributed by atoms with E-state index in [1.165, 1.54) is 11.1 Å². The molecule has 0 heterocycles. The highest BCUT2D eigenvalue weighted by Crippen LogP contribution is 2.44. The molecule has 2 aliphatic rings. The Kier molecular flexibility index (Phi) is 9.52. The maximum absolute atomic E-state index is 12.4. The summed E-state index contributed by atoms with van der Waals surface area (Å²) in [4.78, 5) is 23.6. The minimum Gasteiger partial charge on any atom is -0.461 e. The first-order valence-electron chi connectivity index (χ1n) is 11.1. The Labute approximate surface area is 179 Å². The first kappa shape index (κ1) is 24.6. The van der Waals surface area contributed by atoms with Gasteiger partial charge in [0.25, 0.3) is 0 Å². The monoisotopic (exact) mass is 423 g/mol. The molecular weight excluding hydrogens is 386 g/mol. The average Bonchev–Trinajstić information content (AvgIpc) is 2.72. The molecule has 7 heteroatoms. The zero-order valence-corrected chi connectivity index (χ0v) is 18.3. The molecule has 0 radical (unpaired) electrons. The lowest BCUT2D eigenvalue weighted by Crippen LogP contribution is -2.40. The molecule has 0 aromatic rings. The van der Waals surface area contributed by atoms with Crippen molar-refractivity contribution in [3.63, 3.8) is 0 Å². The third kappa shape index (κ3) is 6.65. The number of hydrogen-bond donors (Lipinski definition) is 4. The van der Waals surface area contributed by atoms with Gasteiger partial charge in [0.05, 0.1) is 24.5 Å². The fourth-order valence-electron chi connectivity index (χ4n) is 4.55. The predicted molar refractivity (Wildman–Crippen MR) is 112 cm³/mol. The first-order chi connectivity index (χ1) is 14.3. The Balaban J connectivity index is 2.01. The summed E-state index contributed by atoms with van der Waals surface area (Å²) < 4.78 is 5.94. The van der Waals surface area contributed by atoms with Crippen LogP contribution >= 0.6 is 0 Å². The van der Waals surface area contributed by atoms with Crippen LogP contribution in [0, 0.1) is 23.7 Å². The molecule has 2 aliphatic carbocycles. The highest BCUT2D eigenvalue weighted by Gasteiger charge is 2.40. The molecular formula is C23H37NO6. The SMILES string of the molecule is CCC(C)C(=O)O[C@H]1CCC=C2C=C[C@H](C)[C@H](CCC(O)CC(O)CC(=O)NO)[C@H]21. The Bertz CT molecular complexity index is 646. The van der Waals surface area contributed by atoms with Crippen molar-refractivity contribution in [2.75, 3.05) is 0 Å². The van der Waals surface area contributed by atoms with Gasteiger partial charge in [-0.3, -0.25) is 14.8 Å². The molecule has 7 nitrogen and oxygen atoms in total. The van der Waals surface area contributed by atoms with E-state index >= 15 is 0 Å². The Morgan fingerprint density at radius 1 is 1.30 bits per heavy atom. The number of aliphatic hydroxyl groups is 2. The standard InChI is InChI=1S/C23H37NO6/c1-4-14(2)23(28)30-20-7-5-6-16-9-8-15(3)19(22(16)20)11-10-17(25)12-18(26)13-21(27)24-29/h6,8-9,14-15,17-20,22,25-26,29H,4-5,7,10-13H2,1-3H3,(H,24,27)/t14?,15-,17?,18?,19-,20-,22-/m0/s1. The molecule has 0 spiro atoms. The summed E-state index contributed by atoms with van der Waals surface area (Å²) in [6, 6.07) is 0. The fourth-order valence-corrected chi connectivity index (χ4v) is 4.55. The van der Waals surface area contributed by atoms with Crippen LogP contribution in [0.2, 0.25) is 0 Å². The number of allylic oxidation sites excluding steroid dienone is 3. The molecule has 1 amide bonds. The number of nitrogens with one attached hydrogen (secondary N) is 1. The topological polar surface area (TPSA) is 116 Å². The summed E-state index contributed by atoms with van der Waals surface area (Å²) in [7, 11) is 0. The third-order valence-corrected chi connectivity index (χ3v) is 6.55. The van der Waals surface area contributed by atoms with Gasteiger partial charge in [-0.25, -0.2) is 5.48 Å². The van der Waals surface area contributed by atoms with Gasteiger partial charge in [0.1, 0.15) is 6.10 Å². The zero-order valence-electron chi connectivity index (χ0n) is 18.3. The van der Waals surface area contributed by atoms with E-state index in [0.717, 1.165) is 25.7 Å². The van der Waals surface area contributed by atoms with Crippen LogP contribution in [0.3, 0.4) is 0 Å². The number of carbonyl (C=O) groups excluding carboxylic acids is 2. The van der Waals surface area contributed by atoms with Crippen molar-refractivity contribution in [1.82, 2.24) is 5.48 Å². The van der Waals surface area contributed by atoms with E-state index < -0.39 is 18.1 Å². The largest absolute Gasteiger partial charge is 0.461 e. The molecule has 0 bridgehead atoms. The molecule has 0 saturated heterocycles. The van der Waals surface area contributed by atoms with Gasteiger partial charge in [-0.1, -0.05) is 39.0 Å². The molecule has 30 heavy (non-hydrogen) atoms. The Morgan fingerprint density at radius 3 is 2.70 bits per heavy atom. The molecule has 0 aliphatic heterocycles. The summed E-state index contributed by atoms with van der Waals surface area (Å²) in [6.45, 7) is 6.01. The molecule has 4 N–H and O–H groups in total. The van der Waals surface area contributed by atoms with E-state index in [-0.39, 0.29) is 48.6 Å². The lowest BCUT2D eigenvalue weighted by atomic mass is 9.66. The van der Waals surface area contributed by atoms with Crippen molar-refractivity contribution < 1.29 is 29.7 Å². The number of hydroxylamine groups is 1. The van der Waals surface area contributed by atoms with Crippen molar-refractivity contribution in [1.29, 1.82) is 0 Å².